The molecule has 212 valence electrons. The predicted octanol–water partition coefficient (Wildman–Crippen LogP) is 2.43. The van der Waals surface area contributed by atoms with Crippen LogP contribution in [0.5, 0.6) is 11.5 Å². The minimum absolute atomic E-state index is 0.141. The van der Waals surface area contributed by atoms with Crippen LogP contribution < -0.4 is 9.47 Å². The molecule has 0 unspecified atom stereocenters. The van der Waals surface area contributed by atoms with Crippen molar-refractivity contribution < 1.29 is 39.5 Å². The quantitative estimate of drug-likeness (QED) is 0.325. The monoisotopic (exact) mass is 552 g/mol. The molecule has 40 heavy (non-hydrogen) atoms. The number of carboxylic acids is 2. The van der Waals surface area contributed by atoms with Crippen molar-refractivity contribution in [2.45, 2.75) is 56.8 Å². The highest BCUT2D eigenvalue weighted by Crippen LogP contribution is 2.45. The Balaban J connectivity index is 0.000000357. The molecule has 12 nitrogen and oxygen atoms in total. The van der Waals surface area contributed by atoms with E-state index in [4.69, 9.17) is 29.8 Å². The maximum atomic E-state index is 10.3. The first-order chi connectivity index (χ1) is 19.2. The maximum absolute atomic E-state index is 10.3. The molecule has 1 fully saturated rings. The predicted molar refractivity (Wildman–Crippen MR) is 143 cm³/mol. The molecule has 4 atom stereocenters. The summed E-state index contributed by atoms with van der Waals surface area (Å²) in [5, 5.41) is 34.5. The summed E-state index contributed by atoms with van der Waals surface area (Å²) < 4.78 is 13.3. The lowest BCUT2D eigenvalue weighted by Crippen LogP contribution is -2.34. The largest absolute Gasteiger partial charge is 0.493 e. The summed E-state index contributed by atoms with van der Waals surface area (Å²) in [4.78, 5) is 33.3. The smallest absolute Gasteiger partial charge is 0.333 e. The summed E-state index contributed by atoms with van der Waals surface area (Å²) in [7, 11) is 1.65. The number of hydrogen-bond donors (Lipinski definition) is 4. The molecule has 5 rings (SSSR count). The van der Waals surface area contributed by atoms with Gasteiger partial charge in [0.25, 0.3) is 0 Å². The van der Waals surface area contributed by atoms with Gasteiger partial charge in [0.1, 0.15) is 12.1 Å². The van der Waals surface area contributed by atoms with Crippen molar-refractivity contribution in [1.29, 1.82) is 0 Å². The average molecular weight is 553 g/mol. The van der Waals surface area contributed by atoms with Gasteiger partial charge in [-0.1, -0.05) is 0 Å². The van der Waals surface area contributed by atoms with Gasteiger partial charge < -0.3 is 29.9 Å². The van der Waals surface area contributed by atoms with E-state index in [9.17, 15) is 14.7 Å². The van der Waals surface area contributed by atoms with Crippen molar-refractivity contribution in [2.75, 3.05) is 13.7 Å². The van der Waals surface area contributed by atoms with E-state index in [-0.39, 0.29) is 18.1 Å². The topological polar surface area (TPSA) is 177 Å². The average Bonchev–Trinajstić information content (AvgIpc) is 3.48. The Morgan fingerprint density at radius 1 is 1.18 bits per heavy atom. The van der Waals surface area contributed by atoms with Crippen LogP contribution >= 0.6 is 0 Å². The second-order valence-electron chi connectivity index (χ2n) is 9.47. The van der Waals surface area contributed by atoms with Gasteiger partial charge in [-0.25, -0.2) is 14.8 Å². The van der Waals surface area contributed by atoms with E-state index in [1.54, 1.807) is 19.6 Å². The number of imidazole rings is 1. The zero-order valence-electron chi connectivity index (χ0n) is 22.2. The fourth-order valence-corrected chi connectivity index (χ4v) is 4.93. The minimum Gasteiger partial charge on any atom is -0.493 e. The van der Waals surface area contributed by atoms with E-state index in [2.05, 4.69) is 16.0 Å². The third-order valence-corrected chi connectivity index (χ3v) is 6.81. The van der Waals surface area contributed by atoms with Crippen LogP contribution in [-0.4, -0.2) is 84.6 Å². The van der Waals surface area contributed by atoms with Crippen molar-refractivity contribution in [3.63, 3.8) is 0 Å². The fourth-order valence-electron chi connectivity index (χ4n) is 4.93. The van der Waals surface area contributed by atoms with Gasteiger partial charge in [0, 0.05) is 35.6 Å². The van der Waals surface area contributed by atoms with Crippen molar-refractivity contribution in [3.8, 4) is 17.3 Å². The summed E-state index contributed by atoms with van der Waals surface area (Å²) in [6.07, 6.45) is 6.71. The first kappa shape index (κ1) is 28.7. The van der Waals surface area contributed by atoms with Crippen LogP contribution in [0.2, 0.25) is 0 Å². The van der Waals surface area contributed by atoms with Crippen LogP contribution in [0.25, 0.3) is 5.82 Å². The number of aliphatic imine (C=N–C) groups is 1. The highest BCUT2D eigenvalue weighted by Gasteiger charge is 2.37. The number of hydrogen-bond acceptors (Lipinski definition) is 9. The second-order valence-corrected chi connectivity index (χ2v) is 9.47. The van der Waals surface area contributed by atoms with Gasteiger partial charge in [0.05, 0.1) is 38.0 Å². The first-order valence-corrected chi connectivity index (χ1v) is 12.9. The first-order valence-electron chi connectivity index (χ1n) is 12.9. The lowest BCUT2D eigenvalue weighted by molar-refractivity contribution is -0.152. The zero-order valence-corrected chi connectivity index (χ0v) is 22.2. The molecule has 0 bridgehead atoms. The molecule has 0 amide bonds. The number of methoxy groups -OCH3 is 1. The summed E-state index contributed by atoms with van der Waals surface area (Å²) in [6, 6.07) is 8.25. The van der Waals surface area contributed by atoms with Gasteiger partial charge in [-0.3, -0.25) is 14.4 Å². The standard InChI is InChI=1S/C24H26N4O3.C4H6O5/c1-3-31-22-11-17-18-10-16(29)5-6-20(18)27-24(19(17)12-21(22)30-2)15-4-7-23(26-13-15)28-9-8-25-14-28;5-2(4(8)9)1-3(6)7/h4,7-9,11-14,16,18,20,29H,3,5-6,10H2,1-2H3;2,5H,1H2,(H,6,7)(H,8,9)/t16-,18-,20-;2-/m10/s1. The number of nitrogens with zero attached hydrogens (tertiary/aromatic N) is 4. The van der Waals surface area contributed by atoms with E-state index >= 15 is 0 Å². The molecule has 0 radical (unpaired) electrons. The van der Waals surface area contributed by atoms with Crippen molar-refractivity contribution in [1.82, 2.24) is 14.5 Å². The van der Waals surface area contributed by atoms with Crippen molar-refractivity contribution in [3.05, 3.63) is 65.9 Å². The normalized spacial score (nSPS) is 20.1. The third kappa shape index (κ3) is 6.46. The van der Waals surface area contributed by atoms with E-state index in [1.807, 2.05) is 42.1 Å². The van der Waals surface area contributed by atoms with Gasteiger partial charge in [-0.05, 0) is 56.0 Å². The second kappa shape index (κ2) is 12.7. The van der Waals surface area contributed by atoms with Crippen molar-refractivity contribution in [2.24, 2.45) is 4.99 Å². The Bertz CT molecular complexity index is 1360. The molecule has 4 N–H and O–H groups in total. The number of fused-ring (bicyclic) bond motifs is 3. The Morgan fingerprint density at radius 3 is 2.55 bits per heavy atom. The van der Waals surface area contributed by atoms with E-state index in [1.165, 1.54) is 0 Å². The van der Waals surface area contributed by atoms with Gasteiger partial charge in [0.2, 0.25) is 0 Å². The lowest BCUT2D eigenvalue weighted by Gasteiger charge is -2.37. The minimum atomic E-state index is -1.79. The molecule has 3 aromatic rings. The molecular weight excluding hydrogens is 520 g/mol. The van der Waals surface area contributed by atoms with Crippen LogP contribution in [0, 0.1) is 0 Å². The van der Waals surface area contributed by atoms with Crippen LogP contribution in [0.1, 0.15) is 55.2 Å². The van der Waals surface area contributed by atoms with E-state index in [0.29, 0.717) is 18.8 Å². The highest BCUT2D eigenvalue weighted by atomic mass is 16.5. The molecule has 1 aliphatic carbocycles. The molecule has 0 spiro atoms. The van der Waals surface area contributed by atoms with Crippen LogP contribution in [0.3, 0.4) is 0 Å². The van der Waals surface area contributed by atoms with Gasteiger partial charge >= 0.3 is 11.9 Å². The summed E-state index contributed by atoms with van der Waals surface area (Å²) in [5.74, 6) is -0.447. The molecule has 3 heterocycles. The molecule has 1 aliphatic heterocycles. The number of aliphatic hydroxyl groups is 2. The summed E-state index contributed by atoms with van der Waals surface area (Å²) in [5.41, 5.74) is 4.06. The molecule has 1 saturated carbocycles. The van der Waals surface area contributed by atoms with Crippen LogP contribution in [0.4, 0.5) is 0 Å². The number of aliphatic hydroxyl groups excluding tert-OH is 2. The highest BCUT2D eigenvalue weighted by molar-refractivity contribution is 6.14. The number of carboxylic acid groups (broad SMARTS) is 2. The number of pyridine rings is 1. The van der Waals surface area contributed by atoms with Crippen molar-refractivity contribution >= 4 is 17.7 Å². The van der Waals surface area contributed by atoms with Crippen LogP contribution in [-0.2, 0) is 9.59 Å². The molecule has 1 aromatic carbocycles. The van der Waals surface area contributed by atoms with Gasteiger partial charge in [-0.15, -0.1) is 0 Å². The molecule has 0 saturated heterocycles. The summed E-state index contributed by atoms with van der Waals surface area (Å²) >= 11 is 0. The Morgan fingerprint density at radius 2 is 1.98 bits per heavy atom. The Kier molecular flexibility index (Phi) is 9.12. The third-order valence-electron chi connectivity index (χ3n) is 6.81. The molecular formula is C28H32N4O8. The summed E-state index contributed by atoms with van der Waals surface area (Å²) in [6.45, 7) is 2.53. The fraction of sp³-hybridized carbons (Fsp3) is 0.393. The SMILES string of the molecule is CCOc1cc2c(cc1OC)C(c1ccc(-n3ccnc3)nc1)=N[C@@H]1CC[C@@H](O)C[C@H]21.O=C(O)C[C@H](O)C(=O)O. The maximum Gasteiger partial charge on any atom is 0.333 e. The zero-order chi connectivity index (χ0) is 28.8. The lowest BCUT2D eigenvalue weighted by atomic mass is 9.74. The molecule has 12 heteroatoms. The molecule has 2 aromatic heterocycles. The Hall–Kier alpha value is -4.29. The number of benzene rings is 1. The number of rotatable bonds is 8. The Labute approximate surface area is 230 Å². The van der Waals surface area contributed by atoms with Gasteiger partial charge in [-0.2, -0.15) is 0 Å². The number of aromatic nitrogens is 3. The molecule has 2 aliphatic rings. The van der Waals surface area contributed by atoms with E-state index in [0.717, 1.165) is 46.8 Å². The number of carbonyl (C=O) groups is 2. The number of aliphatic carboxylic acids is 2. The number of ether oxygens (including phenoxy) is 2. The van der Waals surface area contributed by atoms with Crippen LogP contribution in [0.15, 0.2) is 54.2 Å². The van der Waals surface area contributed by atoms with E-state index < -0.39 is 24.5 Å². The van der Waals surface area contributed by atoms with Gasteiger partial charge in [0.15, 0.2) is 17.6 Å².